The summed E-state index contributed by atoms with van der Waals surface area (Å²) in [5, 5.41) is 5.99. The summed E-state index contributed by atoms with van der Waals surface area (Å²) in [4.78, 5) is 24.2. The minimum absolute atomic E-state index is 0.00632. The normalized spacial score (nSPS) is 20.7. The SMILES string of the molecule is CC(NC(=O)C1(CN)CCOCC1)c1ccc2c(c1)CCC(=O)N2. The fourth-order valence-electron chi connectivity index (χ4n) is 3.39. The summed E-state index contributed by atoms with van der Waals surface area (Å²) in [6.45, 7) is 3.48. The summed E-state index contributed by atoms with van der Waals surface area (Å²) in [6, 6.07) is 5.83. The molecule has 0 radical (unpaired) electrons. The second-order valence-corrected chi connectivity index (χ2v) is 6.76. The van der Waals surface area contributed by atoms with Gasteiger partial charge in [-0.15, -0.1) is 0 Å². The van der Waals surface area contributed by atoms with Crippen LogP contribution in [-0.2, 0) is 20.7 Å². The number of nitrogens with one attached hydrogen (secondary N) is 2. The zero-order chi connectivity index (χ0) is 17.2. The zero-order valence-electron chi connectivity index (χ0n) is 14.1. The predicted octanol–water partition coefficient (Wildman–Crippen LogP) is 1.50. The van der Waals surface area contributed by atoms with Crippen molar-refractivity contribution in [1.29, 1.82) is 0 Å². The van der Waals surface area contributed by atoms with Gasteiger partial charge in [-0.25, -0.2) is 0 Å². The number of aryl methyl sites for hydroxylation is 1. The molecular formula is C18H25N3O3. The number of rotatable bonds is 4. The molecule has 1 unspecified atom stereocenters. The lowest BCUT2D eigenvalue weighted by molar-refractivity contribution is -0.136. The number of nitrogens with two attached hydrogens (primary N) is 1. The molecule has 3 rings (SSSR count). The summed E-state index contributed by atoms with van der Waals surface area (Å²) in [6.07, 6.45) is 2.57. The molecule has 0 aromatic heterocycles. The van der Waals surface area contributed by atoms with E-state index in [1.807, 2.05) is 19.1 Å². The molecule has 0 bridgehead atoms. The molecule has 1 fully saturated rings. The van der Waals surface area contributed by atoms with E-state index in [1.165, 1.54) is 0 Å². The lowest BCUT2D eigenvalue weighted by atomic mass is 9.79. The van der Waals surface area contributed by atoms with Crippen LogP contribution in [0.15, 0.2) is 18.2 Å². The minimum Gasteiger partial charge on any atom is -0.381 e. The predicted molar refractivity (Wildman–Crippen MR) is 91.5 cm³/mol. The molecule has 2 amide bonds. The van der Waals surface area contributed by atoms with Gasteiger partial charge in [0.05, 0.1) is 11.5 Å². The van der Waals surface area contributed by atoms with Crippen LogP contribution in [0.4, 0.5) is 5.69 Å². The van der Waals surface area contributed by atoms with Crippen LogP contribution in [0.1, 0.15) is 43.4 Å². The third-order valence-corrected chi connectivity index (χ3v) is 5.19. The summed E-state index contributed by atoms with van der Waals surface area (Å²) in [5.41, 5.74) is 8.41. The molecule has 0 saturated carbocycles. The van der Waals surface area contributed by atoms with Crippen molar-refractivity contribution in [2.45, 2.75) is 38.6 Å². The van der Waals surface area contributed by atoms with E-state index in [9.17, 15) is 9.59 Å². The Morgan fingerprint density at radius 2 is 2.12 bits per heavy atom. The van der Waals surface area contributed by atoms with E-state index in [-0.39, 0.29) is 17.9 Å². The van der Waals surface area contributed by atoms with E-state index < -0.39 is 5.41 Å². The van der Waals surface area contributed by atoms with Crippen LogP contribution in [0.25, 0.3) is 0 Å². The number of anilines is 1. The summed E-state index contributed by atoms with van der Waals surface area (Å²) in [5.74, 6) is 0.0628. The average Bonchev–Trinajstić information content (AvgIpc) is 2.61. The van der Waals surface area contributed by atoms with Crippen molar-refractivity contribution in [3.05, 3.63) is 29.3 Å². The number of amides is 2. The highest BCUT2D eigenvalue weighted by atomic mass is 16.5. The molecule has 1 atom stereocenters. The third-order valence-electron chi connectivity index (χ3n) is 5.19. The van der Waals surface area contributed by atoms with E-state index in [2.05, 4.69) is 16.7 Å². The first-order chi connectivity index (χ1) is 11.5. The number of hydrogen-bond donors (Lipinski definition) is 3. The zero-order valence-corrected chi connectivity index (χ0v) is 14.1. The highest BCUT2D eigenvalue weighted by Gasteiger charge is 2.39. The molecule has 0 aliphatic carbocycles. The maximum Gasteiger partial charge on any atom is 0.228 e. The lowest BCUT2D eigenvalue weighted by Gasteiger charge is -2.35. The summed E-state index contributed by atoms with van der Waals surface area (Å²) in [7, 11) is 0. The maximum absolute atomic E-state index is 12.8. The van der Waals surface area contributed by atoms with Crippen molar-refractivity contribution < 1.29 is 14.3 Å². The number of ether oxygens (including phenoxy) is 1. The standard InChI is InChI=1S/C18H25N3O3/c1-12(20-17(23)18(11-19)6-8-24-9-7-18)13-2-4-15-14(10-13)3-5-16(22)21-15/h2,4,10,12H,3,5-9,11,19H2,1H3,(H,20,23)(H,21,22). The molecule has 0 spiro atoms. The van der Waals surface area contributed by atoms with Crippen molar-refractivity contribution in [3.8, 4) is 0 Å². The molecule has 24 heavy (non-hydrogen) atoms. The van der Waals surface area contributed by atoms with Gasteiger partial charge in [0.1, 0.15) is 0 Å². The Labute approximate surface area is 142 Å². The Morgan fingerprint density at radius 1 is 1.38 bits per heavy atom. The second-order valence-electron chi connectivity index (χ2n) is 6.76. The number of carbonyl (C=O) groups excluding carboxylic acids is 2. The Bertz CT molecular complexity index is 638. The molecule has 2 heterocycles. The van der Waals surface area contributed by atoms with Crippen molar-refractivity contribution in [3.63, 3.8) is 0 Å². The maximum atomic E-state index is 12.8. The Hall–Kier alpha value is -1.92. The Balaban J connectivity index is 1.71. The Kier molecular flexibility index (Phi) is 4.87. The number of carbonyl (C=O) groups is 2. The summed E-state index contributed by atoms with van der Waals surface area (Å²) >= 11 is 0. The molecule has 2 aliphatic rings. The first-order valence-corrected chi connectivity index (χ1v) is 8.55. The molecule has 4 N–H and O–H groups in total. The monoisotopic (exact) mass is 331 g/mol. The molecule has 6 nitrogen and oxygen atoms in total. The van der Waals surface area contributed by atoms with Gasteiger partial charge in [-0.1, -0.05) is 12.1 Å². The minimum atomic E-state index is -0.519. The molecule has 1 saturated heterocycles. The van der Waals surface area contributed by atoms with Crippen molar-refractivity contribution in [1.82, 2.24) is 5.32 Å². The second kappa shape index (κ2) is 6.91. The fraction of sp³-hybridized carbons (Fsp3) is 0.556. The van der Waals surface area contributed by atoms with Gasteiger partial charge in [0.25, 0.3) is 0 Å². The van der Waals surface area contributed by atoms with Gasteiger partial charge in [0.2, 0.25) is 11.8 Å². The average molecular weight is 331 g/mol. The van der Waals surface area contributed by atoms with Crippen molar-refractivity contribution in [2.24, 2.45) is 11.1 Å². The van der Waals surface area contributed by atoms with Crippen LogP contribution >= 0.6 is 0 Å². The number of fused-ring (bicyclic) bond motifs is 1. The highest BCUT2D eigenvalue weighted by molar-refractivity contribution is 5.94. The highest BCUT2D eigenvalue weighted by Crippen LogP contribution is 2.31. The van der Waals surface area contributed by atoms with Gasteiger partial charge in [0, 0.05) is 31.9 Å². The molecule has 1 aromatic carbocycles. The molecular weight excluding hydrogens is 306 g/mol. The van der Waals surface area contributed by atoms with Crippen molar-refractivity contribution >= 4 is 17.5 Å². The van der Waals surface area contributed by atoms with Crippen LogP contribution in [0, 0.1) is 5.41 Å². The number of benzene rings is 1. The van der Waals surface area contributed by atoms with Crippen LogP contribution < -0.4 is 16.4 Å². The van der Waals surface area contributed by atoms with Gasteiger partial charge >= 0.3 is 0 Å². The van der Waals surface area contributed by atoms with Crippen LogP contribution in [-0.4, -0.2) is 31.6 Å². The van der Waals surface area contributed by atoms with Gasteiger partial charge in [-0.2, -0.15) is 0 Å². The molecule has 1 aromatic rings. The Morgan fingerprint density at radius 3 is 2.83 bits per heavy atom. The van der Waals surface area contributed by atoms with Crippen LogP contribution in [0.2, 0.25) is 0 Å². The van der Waals surface area contributed by atoms with E-state index in [1.54, 1.807) is 0 Å². The van der Waals surface area contributed by atoms with Crippen LogP contribution in [0.3, 0.4) is 0 Å². The first-order valence-electron chi connectivity index (χ1n) is 8.55. The fourth-order valence-corrected chi connectivity index (χ4v) is 3.39. The van der Waals surface area contributed by atoms with E-state index in [4.69, 9.17) is 10.5 Å². The smallest absolute Gasteiger partial charge is 0.228 e. The van der Waals surface area contributed by atoms with E-state index in [0.717, 1.165) is 23.2 Å². The quantitative estimate of drug-likeness (QED) is 0.779. The molecule has 6 heteroatoms. The van der Waals surface area contributed by atoms with E-state index >= 15 is 0 Å². The van der Waals surface area contributed by atoms with E-state index in [0.29, 0.717) is 39.0 Å². The van der Waals surface area contributed by atoms with Crippen LogP contribution in [0.5, 0.6) is 0 Å². The summed E-state index contributed by atoms with van der Waals surface area (Å²) < 4.78 is 5.37. The van der Waals surface area contributed by atoms with Gasteiger partial charge in [-0.05, 0) is 43.4 Å². The van der Waals surface area contributed by atoms with Crippen molar-refractivity contribution in [2.75, 3.05) is 25.1 Å². The number of hydrogen-bond acceptors (Lipinski definition) is 4. The van der Waals surface area contributed by atoms with Gasteiger partial charge in [0.15, 0.2) is 0 Å². The lowest BCUT2D eigenvalue weighted by Crippen LogP contribution is -2.49. The topological polar surface area (TPSA) is 93.5 Å². The molecule has 2 aliphatic heterocycles. The van der Waals surface area contributed by atoms with Gasteiger partial charge in [-0.3, -0.25) is 9.59 Å². The largest absolute Gasteiger partial charge is 0.381 e. The van der Waals surface area contributed by atoms with Gasteiger partial charge < -0.3 is 21.1 Å². The molecule has 130 valence electrons. The first kappa shape index (κ1) is 16.9. The third kappa shape index (κ3) is 3.30.